The smallest absolute Gasteiger partial charge is 0.358 e. The van der Waals surface area contributed by atoms with Gasteiger partial charge in [-0.1, -0.05) is 67.6 Å². The second kappa shape index (κ2) is 10.4. The van der Waals surface area contributed by atoms with E-state index in [1.165, 1.54) is 5.56 Å². The van der Waals surface area contributed by atoms with Crippen molar-refractivity contribution >= 4 is 22.6 Å². The maximum Gasteiger partial charge on any atom is 0.358 e. The Hall–Kier alpha value is -3.93. The van der Waals surface area contributed by atoms with Gasteiger partial charge in [0.25, 0.3) is 5.91 Å². The highest BCUT2D eigenvalue weighted by Gasteiger charge is 2.28. The standard InChI is InChI=1S/C30H31N3O3/c1-3-21-12-14-23(15-13-21)28-20-27(30(35)36-4-2)31-33(28)24-16-18-32(19-17-24)29(34)26-11-7-9-22-8-5-6-10-25(22)26/h5-15,20,24H,3-4,16-19H2,1-2H3. The molecule has 0 saturated carbocycles. The fraction of sp³-hybridized carbons (Fsp3) is 0.300. The summed E-state index contributed by atoms with van der Waals surface area (Å²) in [5, 5.41) is 6.73. The lowest BCUT2D eigenvalue weighted by Crippen LogP contribution is -2.39. The van der Waals surface area contributed by atoms with E-state index in [1.807, 2.05) is 58.1 Å². The second-order valence-corrected chi connectivity index (χ2v) is 9.18. The fourth-order valence-electron chi connectivity index (χ4n) is 5.00. The first-order valence-corrected chi connectivity index (χ1v) is 12.7. The van der Waals surface area contributed by atoms with Crippen LogP contribution in [0.3, 0.4) is 0 Å². The average Bonchev–Trinajstić information content (AvgIpc) is 3.38. The third-order valence-corrected chi connectivity index (χ3v) is 7.00. The van der Waals surface area contributed by atoms with Crippen LogP contribution in [0.4, 0.5) is 0 Å². The van der Waals surface area contributed by atoms with Crippen LogP contribution in [-0.2, 0) is 11.2 Å². The number of benzene rings is 3. The molecule has 2 heterocycles. The van der Waals surface area contributed by atoms with E-state index in [9.17, 15) is 9.59 Å². The van der Waals surface area contributed by atoms with Crippen LogP contribution in [0.25, 0.3) is 22.0 Å². The zero-order valence-electron chi connectivity index (χ0n) is 20.8. The summed E-state index contributed by atoms with van der Waals surface area (Å²) in [4.78, 5) is 27.8. The van der Waals surface area contributed by atoms with Gasteiger partial charge in [0, 0.05) is 18.7 Å². The zero-order valence-corrected chi connectivity index (χ0v) is 20.8. The molecule has 6 heteroatoms. The van der Waals surface area contributed by atoms with Gasteiger partial charge in [0.2, 0.25) is 0 Å². The van der Waals surface area contributed by atoms with Crippen molar-refractivity contribution in [3.05, 3.63) is 89.6 Å². The van der Waals surface area contributed by atoms with Gasteiger partial charge >= 0.3 is 5.97 Å². The number of likely N-dealkylation sites (tertiary alicyclic amines) is 1. The molecule has 0 unspecified atom stereocenters. The van der Waals surface area contributed by atoms with Crippen LogP contribution in [0.5, 0.6) is 0 Å². The number of amides is 1. The molecule has 0 spiro atoms. The lowest BCUT2D eigenvalue weighted by Gasteiger charge is -2.33. The summed E-state index contributed by atoms with van der Waals surface area (Å²) in [6, 6.07) is 24.2. The quantitative estimate of drug-likeness (QED) is 0.321. The van der Waals surface area contributed by atoms with Gasteiger partial charge in [-0.2, -0.15) is 5.10 Å². The number of carbonyl (C=O) groups is 2. The van der Waals surface area contributed by atoms with Crippen molar-refractivity contribution in [1.82, 2.24) is 14.7 Å². The van der Waals surface area contributed by atoms with Gasteiger partial charge in [-0.05, 0) is 60.2 Å². The highest BCUT2D eigenvalue weighted by atomic mass is 16.5. The number of carbonyl (C=O) groups excluding carboxylic acids is 2. The summed E-state index contributed by atoms with van der Waals surface area (Å²) >= 11 is 0. The third-order valence-electron chi connectivity index (χ3n) is 7.00. The molecular weight excluding hydrogens is 450 g/mol. The van der Waals surface area contributed by atoms with Crippen LogP contribution in [0.2, 0.25) is 0 Å². The summed E-state index contributed by atoms with van der Waals surface area (Å²) in [5.74, 6) is -0.348. The highest BCUT2D eigenvalue weighted by molar-refractivity contribution is 6.07. The summed E-state index contributed by atoms with van der Waals surface area (Å²) in [7, 11) is 0. The van der Waals surface area contributed by atoms with E-state index < -0.39 is 5.97 Å². The largest absolute Gasteiger partial charge is 0.461 e. The Bertz CT molecular complexity index is 1380. The van der Waals surface area contributed by atoms with Crippen LogP contribution in [0.1, 0.15) is 59.1 Å². The SMILES string of the molecule is CCOC(=O)c1cc(-c2ccc(CC)cc2)n(C2CCN(C(=O)c3cccc4ccccc34)CC2)n1. The minimum absolute atomic E-state index is 0.0632. The molecule has 0 N–H and O–H groups in total. The van der Waals surface area contributed by atoms with Crippen LogP contribution in [-0.4, -0.2) is 46.3 Å². The van der Waals surface area contributed by atoms with Crippen molar-refractivity contribution in [1.29, 1.82) is 0 Å². The monoisotopic (exact) mass is 481 g/mol. The number of nitrogens with zero attached hydrogens (tertiary/aromatic N) is 3. The molecular formula is C30H31N3O3. The van der Waals surface area contributed by atoms with E-state index in [4.69, 9.17) is 4.74 Å². The van der Waals surface area contributed by atoms with Crippen LogP contribution in [0.15, 0.2) is 72.8 Å². The highest BCUT2D eigenvalue weighted by Crippen LogP contribution is 2.31. The molecule has 0 aliphatic carbocycles. The van der Waals surface area contributed by atoms with Gasteiger partial charge in [0.15, 0.2) is 5.69 Å². The summed E-state index contributed by atoms with van der Waals surface area (Å²) in [6.45, 7) is 5.50. The summed E-state index contributed by atoms with van der Waals surface area (Å²) in [6.07, 6.45) is 2.50. The Kier molecular flexibility index (Phi) is 6.85. The molecule has 1 aliphatic heterocycles. The van der Waals surface area contributed by atoms with Crippen molar-refractivity contribution < 1.29 is 14.3 Å². The lowest BCUT2D eigenvalue weighted by atomic mass is 10.00. The number of hydrogen-bond acceptors (Lipinski definition) is 4. The number of piperidine rings is 1. The number of fused-ring (bicyclic) bond motifs is 1. The summed E-state index contributed by atoms with van der Waals surface area (Å²) < 4.78 is 7.19. The molecule has 1 aliphatic rings. The minimum Gasteiger partial charge on any atom is -0.461 e. The number of aromatic nitrogens is 2. The van der Waals surface area contributed by atoms with Crippen molar-refractivity contribution in [2.45, 2.75) is 39.2 Å². The first-order chi connectivity index (χ1) is 17.6. The normalized spacial score (nSPS) is 14.2. The molecule has 1 aromatic heterocycles. The molecule has 4 aromatic rings. The van der Waals surface area contributed by atoms with Crippen LogP contribution >= 0.6 is 0 Å². The number of rotatable bonds is 6. The van der Waals surface area contributed by atoms with E-state index in [0.717, 1.165) is 46.9 Å². The molecule has 3 aromatic carbocycles. The van der Waals surface area contributed by atoms with Crippen molar-refractivity contribution in [3.63, 3.8) is 0 Å². The van der Waals surface area contributed by atoms with Crippen LogP contribution in [0, 0.1) is 0 Å². The zero-order chi connectivity index (χ0) is 25.1. The topological polar surface area (TPSA) is 64.4 Å². The molecule has 1 fully saturated rings. The lowest BCUT2D eigenvalue weighted by molar-refractivity contribution is 0.0517. The predicted molar refractivity (Wildman–Crippen MR) is 141 cm³/mol. The predicted octanol–water partition coefficient (Wildman–Crippen LogP) is 5.92. The number of hydrogen-bond donors (Lipinski definition) is 0. The van der Waals surface area contributed by atoms with E-state index in [0.29, 0.717) is 25.4 Å². The Morgan fingerprint density at radius 3 is 2.39 bits per heavy atom. The van der Waals surface area contributed by atoms with Gasteiger partial charge < -0.3 is 9.64 Å². The van der Waals surface area contributed by atoms with Crippen molar-refractivity contribution in [2.75, 3.05) is 19.7 Å². The molecule has 1 saturated heterocycles. The number of ether oxygens (including phenoxy) is 1. The van der Waals surface area contributed by atoms with E-state index in [2.05, 4.69) is 36.3 Å². The van der Waals surface area contributed by atoms with Crippen molar-refractivity contribution in [3.8, 4) is 11.3 Å². The van der Waals surface area contributed by atoms with Gasteiger partial charge in [0.1, 0.15) is 0 Å². The maximum absolute atomic E-state index is 13.4. The number of esters is 1. The fourth-order valence-corrected chi connectivity index (χ4v) is 5.00. The minimum atomic E-state index is -0.411. The Balaban J connectivity index is 1.38. The number of aryl methyl sites for hydroxylation is 1. The molecule has 36 heavy (non-hydrogen) atoms. The van der Waals surface area contributed by atoms with Gasteiger partial charge in [-0.3, -0.25) is 9.48 Å². The van der Waals surface area contributed by atoms with E-state index in [-0.39, 0.29) is 11.9 Å². The maximum atomic E-state index is 13.4. The molecule has 0 atom stereocenters. The molecule has 0 radical (unpaired) electrons. The third kappa shape index (κ3) is 4.63. The molecule has 184 valence electrons. The Labute approximate surface area is 211 Å². The van der Waals surface area contributed by atoms with Gasteiger partial charge in [0.05, 0.1) is 18.3 Å². The van der Waals surface area contributed by atoms with Crippen LogP contribution < -0.4 is 0 Å². The molecule has 1 amide bonds. The average molecular weight is 482 g/mol. The Morgan fingerprint density at radius 2 is 1.67 bits per heavy atom. The van der Waals surface area contributed by atoms with E-state index in [1.54, 1.807) is 6.92 Å². The van der Waals surface area contributed by atoms with E-state index >= 15 is 0 Å². The second-order valence-electron chi connectivity index (χ2n) is 9.18. The van der Waals surface area contributed by atoms with Gasteiger partial charge in [-0.25, -0.2) is 4.79 Å². The molecule has 5 rings (SSSR count). The van der Waals surface area contributed by atoms with Crippen molar-refractivity contribution in [2.24, 2.45) is 0 Å². The summed E-state index contributed by atoms with van der Waals surface area (Å²) in [5.41, 5.74) is 4.24. The first kappa shape index (κ1) is 23.8. The Morgan fingerprint density at radius 1 is 0.944 bits per heavy atom. The molecule has 6 nitrogen and oxygen atoms in total. The molecule has 0 bridgehead atoms. The van der Waals surface area contributed by atoms with Gasteiger partial charge in [-0.15, -0.1) is 0 Å². The first-order valence-electron chi connectivity index (χ1n) is 12.7.